The average Bonchev–Trinajstić information content (AvgIpc) is 2.44. The highest BCUT2D eigenvalue weighted by molar-refractivity contribution is 5.46. The number of hydrogen-bond acceptors (Lipinski definition) is 3. The first-order chi connectivity index (χ1) is 9.65. The van der Waals surface area contributed by atoms with Crippen molar-refractivity contribution in [3.8, 4) is 11.5 Å². The molecule has 1 fully saturated rings. The Bertz CT molecular complexity index is 439. The van der Waals surface area contributed by atoms with Crippen LogP contribution in [0.25, 0.3) is 0 Å². The summed E-state index contributed by atoms with van der Waals surface area (Å²) in [6.45, 7) is 6.68. The van der Waals surface area contributed by atoms with E-state index in [0.717, 1.165) is 30.5 Å². The molecule has 0 spiro atoms. The molecule has 0 unspecified atom stereocenters. The fourth-order valence-electron chi connectivity index (χ4n) is 3.43. The summed E-state index contributed by atoms with van der Waals surface area (Å²) in [4.78, 5) is 0. The van der Waals surface area contributed by atoms with E-state index in [0.29, 0.717) is 0 Å². The zero-order valence-corrected chi connectivity index (χ0v) is 13.2. The van der Waals surface area contributed by atoms with Crippen molar-refractivity contribution in [2.24, 2.45) is 5.92 Å². The molecular weight excluding hydrogens is 250 g/mol. The second kappa shape index (κ2) is 6.49. The topological polar surface area (TPSA) is 30.5 Å². The highest BCUT2D eigenvalue weighted by Gasteiger charge is 2.43. The van der Waals surface area contributed by atoms with E-state index in [1.54, 1.807) is 14.2 Å². The minimum absolute atomic E-state index is 0.272. The van der Waals surface area contributed by atoms with Gasteiger partial charge in [0.05, 0.1) is 14.2 Å². The number of rotatable bonds is 7. The standard InChI is InChI=1S/C17H27NO2/c1-5-8-18-12-17(10-13(2)11-17)14-6-7-15(19-3)16(9-14)20-4/h6-7,9,13,18H,5,8,10-12H2,1-4H3. The van der Waals surface area contributed by atoms with E-state index in [1.165, 1.54) is 24.8 Å². The Hall–Kier alpha value is -1.22. The van der Waals surface area contributed by atoms with Gasteiger partial charge in [-0.3, -0.25) is 0 Å². The zero-order chi connectivity index (χ0) is 14.6. The summed E-state index contributed by atoms with van der Waals surface area (Å²) >= 11 is 0. The first kappa shape index (κ1) is 15.2. The number of nitrogens with one attached hydrogen (secondary N) is 1. The number of methoxy groups -OCH3 is 2. The summed E-state index contributed by atoms with van der Waals surface area (Å²) in [5.74, 6) is 2.45. The van der Waals surface area contributed by atoms with E-state index in [9.17, 15) is 0 Å². The van der Waals surface area contributed by atoms with Gasteiger partial charge in [0.25, 0.3) is 0 Å². The summed E-state index contributed by atoms with van der Waals surface area (Å²) < 4.78 is 10.8. The fraction of sp³-hybridized carbons (Fsp3) is 0.647. The molecule has 3 heteroatoms. The molecule has 1 aromatic rings. The summed E-state index contributed by atoms with van der Waals surface area (Å²) in [7, 11) is 3.38. The van der Waals surface area contributed by atoms with Gasteiger partial charge >= 0.3 is 0 Å². The number of benzene rings is 1. The largest absolute Gasteiger partial charge is 0.493 e. The van der Waals surface area contributed by atoms with E-state index in [4.69, 9.17) is 9.47 Å². The lowest BCUT2D eigenvalue weighted by Crippen LogP contribution is -2.48. The van der Waals surface area contributed by atoms with Gasteiger partial charge in [0.15, 0.2) is 11.5 Å². The van der Waals surface area contributed by atoms with Crippen molar-refractivity contribution in [1.29, 1.82) is 0 Å². The van der Waals surface area contributed by atoms with E-state index >= 15 is 0 Å². The molecule has 0 amide bonds. The third kappa shape index (κ3) is 2.93. The van der Waals surface area contributed by atoms with Crippen LogP contribution in [0.3, 0.4) is 0 Å². The molecule has 0 heterocycles. The van der Waals surface area contributed by atoms with Gasteiger partial charge in [-0.2, -0.15) is 0 Å². The SMILES string of the molecule is CCCNCC1(c2ccc(OC)c(OC)c2)CC(C)C1. The Morgan fingerprint density at radius 1 is 1.20 bits per heavy atom. The highest BCUT2D eigenvalue weighted by Crippen LogP contribution is 2.48. The third-order valence-corrected chi connectivity index (χ3v) is 4.36. The molecule has 1 aliphatic carbocycles. The summed E-state index contributed by atoms with van der Waals surface area (Å²) in [6, 6.07) is 6.37. The predicted molar refractivity (Wildman–Crippen MR) is 82.8 cm³/mol. The van der Waals surface area contributed by atoms with Crippen LogP contribution < -0.4 is 14.8 Å². The van der Waals surface area contributed by atoms with Crippen LogP contribution >= 0.6 is 0 Å². The van der Waals surface area contributed by atoms with Gasteiger partial charge in [0.1, 0.15) is 0 Å². The summed E-state index contributed by atoms with van der Waals surface area (Å²) in [5, 5.41) is 3.59. The van der Waals surface area contributed by atoms with Crippen molar-refractivity contribution >= 4 is 0 Å². The molecule has 0 bridgehead atoms. The van der Waals surface area contributed by atoms with Crippen LogP contribution in [0.15, 0.2) is 18.2 Å². The molecule has 0 aromatic heterocycles. The lowest BCUT2D eigenvalue weighted by Gasteiger charge is -2.47. The smallest absolute Gasteiger partial charge is 0.161 e. The second-order valence-corrected chi connectivity index (χ2v) is 6.04. The molecule has 1 saturated carbocycles. The van der Waals surface area contributed by atoms with Crippen LogP contribution in [0.4, 0.5) is 0 Å². The van der Waals surface area contributed by atoms with Gasteiger partial charge in [-0.1, -0.05) is 19.9 Å². The minimum Gasteiger partial charge on any atom is -0.493 e. The molecule has 3 nitrogen and oxygen atoms in total. The minimum atomic E-state index is 0.272. The van der Waals surface area contributed by atoms with E-state index in [-0.39, 0.29) is 5.41 Å². The van der Waals surface area contributed by atoms with Crippen molar-refractivity contribution in [3.05, 3.63) is 23.8 Å². The van der Waals surface area contributed by atoms with Crippen molar-refractivity contribution in [1.82, 2.24) is 5.32 Å². The molecule has 1 N–H and O–H groups in total. The van der Waals surface area contributed by atoms with Gasteiger partial charge in [0.2, 0.25) is 0 Å². The molecule has 0 aliphatic heterocycles. The van der Waals surface area contributed by atoms with Crippen LogP contribution in [-0.4, -0.2) is 27.3 Å². The maximum Gasteiger partial charge on any atom is 0.161 e. The molecule has 0 atom stereocenters. The normalized spacial score (nSPS) is 25.1. The van der Waals surface area contributed by atoms with Crippen molar-refractivity contribution in [2.45, 2.75) is 38.5 Å². The van der Waals surface area contributed by atoms with E-state index in [2.05, 4.69) is 31.3 Å². The molecule has 112 valence electrons. The third-order valence-electron chi connectivity index (χ3n) is 4.36. The Balaban J connectivity index is 2.21. The first-order valence-corrected chi connectivity index (χ1v) is 7.58. The van der Waals surface area contributed by atoms with E-state index in [1.807, 2.05) is 6.07 Å². The Morgan fingerprint density at radius 2 is 1.90 bits per heavy atom. The molecule has 1 aliphatic rings. The Labute approximate surface area is 122 Å². The predicted octanol–water partition coefficient (Wildman–Crippen LogP) is 3.37. The van der Waals surface area contributed by atoms with E-state index < -0.39 is 0 Å². The van der Waals surface area contributed by atoms with Crippen molar-refractivity contribution < 1.29 is 9.47 Å². The molecule has 0 saturated heterocycles. The number of hydrogen-bond donors (Lipinski definition) is 1. The quantitative estimate of drug-likeness (QED) is 0.775. The molecule has 0 radical (unpaired) electrons. The molecule has 1 aromatic carbocycles. The van der Waals surface area contributed by atoms with Crippen LogP contribution in [0, 0.1) is 5.92 Å². The van der Waals surface area contributed by atoms with Crippen molar-refractivity contribution in [3.63, 3.8) is 0 Å². The maximum atomic E-state index is 5.45. The lowest BCUT2D eigenvalue weighted by molar-refractivity contribution is 0.152. The Morgan fingerprint density at radius 3 is 2.45 bits per heavy atom. The Kier molecular flexibility index (Phi) is 4.92. The summed E-state index contributed by atoms with van der Waals surface area (Å²) in [6.07, 6.45) is 3.68. The molecular formula is C17H27NO2. The van der Waals surface area contributed by atoms with Crippen molar-refractivity contribution in [2.75, 3.05) is 27.3 Å². The van der Waals surface area contributed by atoms with Gasteiger partial charge in [-0.25, -0.2) is 0 Å². The maximum absolute atomic E-state index is 5.45. The summed E-state index contributed by atoms with van der Waals surface area (Å²) in [5.41, 5.74) is 1.64. The van der Waals surface area contributed by atoms with Crippen LogP contribution in [-0.2, 0) is 5.41 Å². The number of ether oxygens (including phenoxy) is 2. The first-order valence-electron chi connectivity index (χ1n) is 7.58. The zero-order valence-electron chi connectivity index (χ0n) is 13.2. The van der Waals surface area contributed by atoms with Gasteiger partial charge in [-0.05, 0) is 49.4 Å². The van der Waals surface area contributed by atoms with Gasteiger partial charge in [-0.15, -0.1) is 0 Å². The van der Waals surface area contributed by atoms with Gasteiger partial charge in [0, 0.05) is 12.0 Å². The monoisotopic (exact) mass is 277 g/mol. The average molecular weight is 277 g/mol. The van der Waals surface area contributed by atoms with Gasteiger partial charge < -0.3 is 14.8 Å². The van der Waals surface area contributed by atoms with Crippen LogP contribution in [0.1, 0.15) is 38.7 Å². The second-order valence-electron chi connectivity index (χ2n) is 6.04. The fourth-order valence-corrected chi connectivity index (χ4v) is 3.43. The van der Waals surface area contributed by atoms with Crippen LogP contribution in [0.5, 0.6) is 11.5 Å². The molecule has 2 rings (SSSR count). The van der Waals surface area contributed by atoms with Crippen LogP contribution in [0.2, 0.25) is 0 Å². The molecule has 20 heavy (non-hydrogen) atoms. The highest BCUT2D eigenvalue weighted by atomic mass is 16.5. The lowest BCUT2D eigenvalue weighted by atomic mass is 9.59.